The van der Waals surface area contributed by atoms with Crippen LogP contribution in [0.3, 0.4) is 0 Å². The Morgan fingerprint density at radius 2 is 2.17 bits per heavy atom. The van der Waals surface area contributed by atoms with Gasteiger partial charge in [-0.1, -0.05) is 11.6 Å². The summed E-state index contributed by atoms with van der Waals surface area (Å²) in [5, 5.41) is 9.95. The molecule has 0 spiro atoms. The average Bonchev–Trinajstić information content (AvgIpc) is 2.61. The minimum Gasteiger partial charge on any atom is -0.379 e. The lowest BCUT2D eigenvalue weighted by Crippen LogP contribution is -2.47. The van der Waals surface area contributed by atoms with E-state index in [1.54, 1.807) is 6.07 Å². The lowest BCUT2D eigenvalue weighted by Gasteiger charge is -2.26. The zero-order valence-electron chi connectivity index (χ0n) is 9.01. The Labute approximate surface area is 115 Å². The van der Waals surface area contributed by atoms with E-state index < -0.39 is 18.3 Å². The third-order valence-electron chi connectivity index (χ3n) is 2.86. The molecule has 0 aromatic carbocycles. The van der Waals surface area contributed by atoms with Crippen LogP contribution >= 0.6 is 27.5 Å². The highest BCUT2D eigenvalue weighted by molar-refractivity contribution is 9.10. The first kappa shape index (κ1) is 13.9. The Bertz CT molecular complexity index is 471. The molecule has 1 atom stereocenters. The summed E-state index contributed by atoms with van der Waals surface area (Å²) in [6.45, 7) is -0.438. The van der Waals surface area contributed by atoms with Crippen molar-refractivity contribution in [3.63, 3.8) is 0 Å². The molecule has 1 N–H and O–H groups in total. The van der Waals surface area contributed by atoms with Gasteiger partial charge in [0, 0.05) is 19.2 Å². The molecule has 0 aliphatic carbocycles. The third kappa shape index (κ3) is 2.44. The number of anilines is 1. The van der Waals surface area contributed by atoms with E-state index in [-0.39, 0.29) is 13.0 Å². The minimum absolute atomic E-state index is 0.0865. The van der Waals surface area contributed by atoms with Crippen molar-refractivity contribution in [1.29, 1.82) is 0 Å². The highest BCUT2D eigenvalue weighted by Gasteiger charge is 2.57. The Morgan fingerprint density at radius 1 is 1.50 bits per heavy atom. The Balaban J connectivity index is 2.23. The number of hydrogen-bond acceptors (Lipinski definition) is 3. The average molecular weight is 346 g/mol. The van der Waals surface area contributed by atoms with Crippen LogP contribution < -0.4 is 4.90 Å². The van der Waals surface area contributed by atoms with E-state index in [0.717, 1.165) is 0 Å². The van der Waals surface area contributed by atoms with E-state index in [4.69, 9.17) is 11.6 Å². The zero-order chi connectivity index (χ0) is 13.6. The van der Waals surface area contributed by atoms with Crippen LogP contribution in [-0.2, 0) is 0 Å². The summed E-state index contributed by atoms with van der Waals surface area (Å²) in [7, 11) is 0. The highest BCUT2D eigenvalue weighted by atomic mass is 79.9. The molecule has 8 heteroatoms. The van der Waals surface area contributed by atoms with Gasteiger partial charge in [-0.2, -0.15) is 13.2 Å². The van der Waals surface area contributed by atoms with Gasteiger partial charge in [-0.3, -0.25) is 0 Å². The van der Waals surface area contributed by atoms with E-state index in [0.29, 0.717) is 15.3 Å². The molecule has 2 heterocycles. The third-order valence-corrected chi connectivity index (χ3v) is 3.65. The molecule has 1 saturated heterocycles. The quantitative estimate of drug-likeness (QED) is 0.850. The van der Waals surface area contributed by atoms with Crippen LogP contribution in [-0.4, -0.2) is 35.0 Å². The van der Waals surface area contributed by atoms with E-state index in [1.165, 1.54) is 11.1 Å². The zero-order valence-corrected chi connectivity index (χ0v) is 11.3. The molecule has 2 rings (SSSR count). The molecule has 1 aliphatic heterocycles. The summed E-state index contributed by atoms with van der Waals surface area (Å²) >= 11 is 8.91. The smallest absolute Gasteiger partial charge is 0.379 e. The Hall–Kier alpha value is -0.530. The molecule has 1 aliphatic rings. The SMILES string of the molecule is O[C@@]1(C(F)(F)F)CCN(c2ncc(Cl)cc2Br)C1. The second-order valence-corrected chi connectivity index (χ2v) is 5.45. The number of rotatable bonds is 1. The fourth-order valence-electron chi connectivity index (χ4n) is 1.85. The minimum atomic E-state index is -4.64. The molecular weight excluding hydrogens is 336 g/mol. The van der Waals surface area contributed by atoms with E-state index in [1.807, 2.05) is 0 Å². The van der Waals surface area contributed by atoms with Gasteiger partial charge in [0.2, 0.25) is 0 Å². The summed E-state index contributed by atoms with van der Waals surface area (Å²) < 4.78 is 38.5. The second-order valence-electron chi connectivity index (χ2n) is 4.16. The molecule has 1 fully saturated rings. The van der Waals surface area contributed by atoms with Crippen molar-refractivity contribution in [1.82, 2.24) is 4.98 Å². The molecule has 100 valence electrons. The monoisotopic (exact) mass is 344 g/mol. The van der Waals surface area contributed by atoms with Crippen LogP contribution in [0.1, 0.15) is 6.42 Å². The van der Waals surface area contributed by atoms with Crippen molar-refractivity contribution in [3.8, 4) is 0 Å². The largest absolute Gasteiger partial charge is 0.418 e. The number of pyridine rings is 1. The maximum absolute atomic E-state index is 12.7. The summed E-state index contributed by atoms with van der Waals surface area (Å²) in [4.78, 5) is 5.36. The number of halogens is 5. The van der Waals surface area contributed by atoms with Gasteiger partial charge in [0.1, 0.15) is 5.82 Å². The predicted octanol–water partition coefficient (Wildman–Crippen LogP) is 3.00. The molecule has 0 radical (unpaired) electrons. The van der Waals surface area contributed by atoms with Crippen LogP contribution in [0.4, 0.5) is 19.0 Å². The molecule has 18 heavy (non-hydrogen) atoms. The van der Waals surface area contributed by atoms with E-state index >= 15 is 0 Å². The molecule has 0 amide bonds. The van der Waals surface area contributed by atoms with Crippen molar-refractivity contribution in [2.24, 2.45) is 0 Å². The summed E-state index contributed by atoms with van der Waals surface area (Å²) in [6, 6.07) is 1.55. The lowest BCUT2D eigenvalue weighted by atomic mass is 10.0. The molecule has 1 aromatic heterocycles. The first-order valence-electron chi connectivity index (χ1n) is 5.08. The molecule has 0 bridgehead atoms. The number of hydrogen-bond donors (Lipinski definition) is 1. The van der Waals surface area contributed by atoms with Gasteiger partial charge in [-0.05, 0) is 22.0 Å². The Kier molecular flexibility index (Phi) is 3.50. The summed E-state index contributed by atoms with van der Waals surface area (Å²) in [5.74, 6) is 0.347. The maximum atomic E-state index is 12.7. The van der Waals surface area contributed by atoms with Crippen molar-refractivity contribution in [2.45, 2.75) is 18.2 Å². The van der Waals surface area contributed by atoms with Gasteiger partial charge in [-0.25, -0.2) is 4.98 Å². The van der Waals surface area contributed by atoms with Gasteiger partial charge < -0.3 is 10.0 Å². The molecule has 0 unspecified atom stereocenters. The van der Waals surface area contributed by atoms with Gasteiger partial charge >= 0.3 is 6.18 Å². The number of aliphatic hydroxyl groups is 1. The van der Waals surface area contributed by atoms with Gasteiger partial charge in [0.15, 0.2) is 5.60 Å². The fourth-order valence-corrected chi connectivity index (χ4v) is 2.74. The van der Waals surface area contributed by atoms with Crippen LogP contribution in [0.15, 0.2) is 16.7 Å². The molecule has 1 aromatic rings. The Morgan fingerprint density at radius 3 is 2.67 bits per heavy atom. The van der Waals surface area contributed by atoms with Crippen molar-refractivity contribution in [2.75, 3.05) is 18.0 Å². The van der Waals surface area contributed by atoms with Crippen molar-refractivity contribution >= 4 is 33.3 Å². The number of aromatic nitrogens is 1. The first-order valence-corrected chi connectivity index (χ1v) is 6.25. The maximum Gasteiger partial charge on any atom is 0.418 e. The summed E-state index contributed by atoms with van der Waals surface area (Å²) in [6.07, 6.45) is -3.65. The van der Waals surface area contributed by atoms with Crippen LogP contribution in [0.5, 0.6) is 0 Å². The first-order chi connectivity index (χ1) is 8.23. The molecule has 0 saturated carbocycles. The second kappa shape index (κ2) is 4.54. The standard InChI is InChI=1S/C10H9BrClF3N2O/c11-7-3-6(12)4-16-8(7)17-2-1-9(18,5-17)10(13,14)15/h3-4,18H,1-2,5H2/t9-/m0/s1. The van der Waals surface area contributed by atoms with Gasteiger partial charge in [0.05, 0.1) is 16.0 Å². The predicted molar refractivity (Wildman–Crippen MR) is 64.8 cm³/mol. The number of nitrogens with zero attached hydrogens (tertiary/aromatic N) is 2. The topological polar surface area (TPSA) is 36.4 Å². The van der Waals surface area contributed by atoms with Crippen molar-refractivity contribution in [3.05, 3.63) is 21.8 Å². The van der Waals surface area contributed by atoms with Crippen molar-refractivity contribution < 1.29 is 18.3 Å². The van der Waals surface area contributed by atoms with E-state index in [9.17, 15) is 18.3 Å². The molecule has 3 nitrogen and oxygen atoms in total. The van der Waals surface area contributed by atoms with Crippen LogP contribution in [0.2, 0.25) is 5.02 Å². The lowest BCUT2D eigenvalue weighted by molar-refractivity contribution is -0.250. The summed E-state index contributed by atoms with van der Waals surface area (Å²) in [5.41, 5.74) is -2.67. The fraction of sp³-hybridized carbons (Fsp3) is 0.500. The normalized spacial score (nSPS) is 24.7. The van der Waals surface area contributed by atoms with Gasteiger partial charge in [0.25, 0.3) is 0 Å². The van der Waals surface area contributed by atoms with Crippen LogP contribution in [0.25, 0.3) is 0 Å². The van der Waals surface area contributed by atoms with Gasteiger partial charge in [-0.15, -0.1) is 0 Å². The van der Waals surface area contributed by atoms with Crippen LogP contribution in [0, 0.1) is 0 Å². The number of alkyl halides is 3. The van der Waals surface area contributed by atoms with E-state index in [2.05, 4.69) is 20.9 Å². The molecular formula is C10H9BrClF3N2O. The highest BCUT2D eigenvalue weighted by Crippen LogP contribution is 2.40. The number of β-amino-alcohol motifs (C(OH)–C–C–N with tert-alkyl or cyclic N) is 1.